The third-order valence-corrected chi connectivity index (χ3v) is 4.76. The molecule has 0 bridgehead atoms. The predicted octanol–water partition coefficient (Wildman–Crippen LogP) is 4.19. The van der Waals surface area contributed by atoms with Crippen LogP contribution in [0.25, 0.3) is 0 Å². The van der Waals surface area contributed by atoms with Gasteiger partial charge >= 0.3 is 0 Å². The van der Waals surface area contributed by atoms with Crippen LogP contribution in [0.2, 0.25) is 0 Å². The van der Waals surface area contributed by atoms with E-state index in [1.165, 1.54) is 17.3 Å². The van der Waals surface area contributed by atoms with Gasteiger partial charge in [-0.05, 0) is 49.2 Å². The van der Waals surface area contributed by atoms with E-state index < -0.39 is 0 Å². The Hall–Kier alpha value is -1.33. The van der Waals surface area contributed by atoms with Crippen LogP contribution in [0.4, 0.5) is 5.82 Å². The first kappa shape index (κ1) is 15.1. The van der Waals surface area contributed by atoms with E-state index in [0.29, 0.717) is 11.6 Å². The first-order chi connectivity index (χ1) is 9.56. The lowest BCUT2D eigenvalue weighted by molar-refractivity contribution is -0.113. The quantitative estimate of drug-likeness (QED) is 0.840. The topological polar surface area (TPSA) is 42.0 Å². The molecular weight excluding hydrogens is 336 g/mol. The van der Waals surface area contributed by atoms with Gasteiger partial charge in [-0.1, -0.05) is 22.0 Å². The van der Waals surface area contributed by atoms with Crippen molar-refractivity contribution >= 4 is 39.4 Å². The molecule has 0 radical (unpaired) electrons. The van der Waals surface area contributed by atoms with Crippen molar-refractivity contribution in [3.8, 4) is 0 Å². The SMILES string of the molecule is Cc1cc(SCC(=O)Nc2ccccn2)c(C)cc1Br. The highest BCUT2D eigenvalue weighted by atomic mass is 79.9. The Bertz CT molecular complexity index is 617. The van der Waals surface area contributed by atoms with Gasteiger partial charge in [0.25, 0.3) is 0 Å². The lowest BCUT2D eigenvalue weighted by Crippen LogP contribution is -2.14. The summed E-state index contributed by atoms with van der Waals surface area (Å²) in [6, 6.07) is 9.61. The first-order valence-corrected chi connectivity index (χ1v) is 7.94. The van der Waals surface area contributed by atoms with Gasteiger partial charge in [-0.25, -0.2) is 4.98 Å². The Morgan fingerprint density at radius 1 is 1.30 bits per heavy atom. The number of halogens is 1. The van der Waals surface area contributed by atoms with E-state index in [2.05, 4.69) is 38.4 Å². The number of carbonyl (C=O) groups is 1. The third-order valence-electron chi connectivity index (χ3n) is 2.75. The largest absolute Gasteiger partial charge is 0.310 e. The van der Waals surface area contributed by atoms with E-state index in [1.54, 1.807) is 12.3 Å². The summed E-state index contributed by atoms with van der Waals surface area (Å²) in [4.78, 5) is 17.1. The normalized spacial score (nSPS) is 10.3. The van der Waals surface area contributed by atoms with Gasteiger partial charge in [0.1, 0.15) is 5.82 Å². The molecule has 0 saturated carbocycles. The molecule has 0 spiro atoms. The molecule has 0 unspecified atom stereocenters. The highest BCUT2D eigenvalue weighted by Crippen LogP contribution is 2.28. The maximum absolute atomic E-state index is 11.9. The maximum atomic E-state index is 11.9. The van der Waals surface area contributed by atoms with Crippen LogP contribution in [-0.4, -0.2) is 16.6 Å². The molecular formula is C15H15BrN2OS. The standard InChI is InChI=1S/C15H15BrN2OS/c1-10-8-13(11(2)7-12(10)16)20-9-15(19)18-14-5-3-4-6-17-14/h3-8H,9H2,1-2H3,(H,17,18,19). The Labute approximate surface area is 131 Å². The summed E-state index contributed by atoms with van der Waals surface area (Å²) in [6.07, 6.45) is 1.66. The second-order valence-electron chi connectivity index (χ2n) is 4.42. The monoisotopic (exact) mass is 350 g/mol. The zero-order valence-corrected chi connectivity index (χ0v) is 13.7. The van der Waals surface area contributed by atoms with Gasteiger partial charge in [-0.15, -0.1) is 11.8 Å². The highest BCUT2D eigenvalue weighted by molar-refractivity contribution is 9.10. The molecule has 1 aromatic carbocycles. The van der Waals surface area contributed by atoms with Gasteiger partial charge in [0.2, 0.25) is 5.91 Å². The number of amides is 1. The number of hydrogen-bond donors (Lipinski definition) is 1. The molecule has 2 aromatic rings. The van der Waals surface area contributed by atoms with E-state index in [-0.39, 0.29) is 5.91 Å². The molecule has 1 heterocycles. The Kier molecular flexibility index (Phi) is 5.20. The highest BCUT2D eigenvalue weighted by Gasteiger charge is 2.07. The van der Waals surface area contributed by atoms with E-state index in [0.717, 1.165) is 14.9 Å². The second-order valence-corrected chi connectivity index (χ2v) is 6.29. The van der Waals surface area contributed by atoms with Crippen molar-refractivity contribution in [2.45, 2.75) is 18.7 Å². The summed E-state index contributed by atoms with van der Waals surface area (Å²) in [6.45, 7) is 4.09. The smallest absolute Gasteiger partial charge is 0.235 e. The van der Waals surface area contributed by atoms with E-state index in [1.807, 2.05) is 26.0 Å². The Morgan fingerprint density at radius 2 is 2.10 bits per heavy atom. The lowest BCUT2D eigenvalue weighted by Gasteiger charge is -2.09. The summed E-state index contributed by atoms with van der Waals surface area (Å²) >= 11 is 5.04. The van der Waals surface area contributed by atoms with Crippen molar-refractivity contribution in [3.63, 3.8) is 0 Å². The van der Waals surface area contributed by atoms with Crippen molar-refractivity contribution in [2.75, 3.05) is 11.1 Å². The summed E-state index contributed by atoms with van der Waals surface area (Å²) in [7, 11) is 0. The molecule has 0 fully saturated rings. The molecule has 1 aromatic heterocycles. The van der Waals surface area contributed by atoms with Crippen molar-refractivity contribution in [3.05, 3.63) is 52.1 Å². The van der Waals surface area contributed by atoms with Crippen LogP contribution in [-0.2, 0) is 4.79 Å². The summed E-state index contributed by atoms with van der Waals surface area (Å²) in [5, 5.41) is 2.78. The van der Waals surface area contributed by atoms with E-state index in [4.69, 9.17) is 0 Å². The number of nitrogens with one attached hydrogen (secondary N) is 1. The zero-order valence-electron chi connectivity index (χ0n) is 11.3. The predicted molar refractivity (Wildman–Crippen MR) is 87.2 cm³/mol. The zero-order chi connectivity index (χ0) is 14.5. The average Bonchev–Trinajstić information content (AvgIpc) is 2.42. The molecule has 2 rings (SSSR count). The van der Waals surface area contributed by atoms with Gasteiger partial charge in [-0.2, -0.15) is 0 Å². The van der Waals surface area contributed by atoms with Gasteiger partial charge in [-0.3, -0.25) is 4.79 Å². The third kappa shape index (κ3) is 4.08. The number of anilines is 1. The second kappa shape index (κ2) is 6.90. The number of aromatic nitrogens is 1. The van der Waals surface area contributed by atoms with Crippen molar-refractivity contribution in [1.82, 2.24) is 4.98 Å². The van der Waals surface area contributed by atoms with Crippen molar-refractivity contribution < 1.29 is 4.79 Å². The minimum atomic E-state index is -0.0475. The molecule has 5 heteroatoms. The number of aryl methyl sites for hydroxylation is 2. The molecule has 0 saturated heterocycles. The molecule has 1 N–H and O–H groups in total. The lowest BCUT2D eigenvalue weighted by atomic mass is 10.2. The summed E-state index contributed by atoms with van der Waals surface area (Å²) in [5.74, 6) is 0.911. The minimum Gasteiger partial charge on any atom is -0.310 e. The fourth-order valence-electron chi connectivity index (χ4n) is 1.67. The van der Waals surface area contributed by atoms with Crippen molar-refractivity contribution in [1.29, 1.82) is 0 Å². The van der Waals surface area contributed by atoms with Crippen LogP contribution in [0.3, 0.4) is 0 Å². The van der Waals surface area contributed by atoms with Gasteiger partial charge < -0.3 is 5.32 Å². The van der Waals surface area contributed by atoms with Crippen LogP contribution in [0.5, 0.6) is 0 Å². The molecule has 1 amide bonds. The fraction of sp³-hybridized carbons (Fsp3) is 0.200. The molecule has 0 aliphatic carbocycles. The number of carbonyl (C=O) groups excluding carboxylic acids is 1. The maximum Gasteiger partial charge on any atom is 0.235 e. The van der Waals surface area contributed by atoms with Crippen molar-refractivity contribution in [2.24, 2.45) is 0 Å². The molecule has 3 nitrogen and oxygen atoms in total. The van der Waals surface area contributed by atoms with Crippen LogP contribution in [0, 0.1) is 13.8 Å². The molecule has 0 aliphatic rings. The van der Waals surface area contributed by atoms with Crippen LogP contribution < -0.4 is 5.32 Å². The van der Waals surface area contributed by atoms with E-state index >= 15 is 0 Å². The molecule has 20 heavy (non-hydrogen) atoms. The Balaban J connectivity index is 1.95. The van der Waals surface area contributed by atoms with Gasteiger partial charge in [0.05, 0.1) is 5.75 Å². The number of hydrogen-bond acceptors (Lipinski definition) is 3. The summed E-state index contributed by atoms with van der Waals surface area (Å²) < 4.78 is 1.09. The number of rotatable bonds is 4. The van der Waals surface area contributed by atoms with Crippen LogP contribution >= 0.6 is 27.7 Å². The number of benzene rings is 1. The fourth-order valence-corrected chi connectivity index (χ4v) is 3.03. The Morgan fingerprint density at radius 3 is 2.80 bits per heavy atom. The van der Waals surface area contributed by atoms with Gasteiger partial charge in [0, 0.05) is 15.6 Å². The van der Waals surface area contributed by atoms with Crippen LogP contribution in [0.1, 0.15) is 11.1 Å². The number of nitrogens with zero attached hydrogens (tertiary/aromatic N) is 1. The summed E-state index contributed by atoms with van der Waals surface area (Å²) in [5.41, 5.74) is 2.33. The minimum absolute atomic E-state index is 0.0475. The first-order valence-electron chi connectivity index (χ1n) is 6.16. The van der Waals surface area contributed by atoms with Gasteiger partial charge in [0.15, 0.2) is 0 Å². The molecule has 0 atom stereocenters. The van der Waals surface area contributed by atoms with Crippen LogP contribution in [0.15, 0.2) is 45.9 Å². The van der Waals surface area contributed by atoms with E-state index in [9.17, 15) is 4.79 Å². The number of pyridine rings is 1. The molecule has 0 aliphatic heterocycles. The average molecular weight is 351 g/mol. The number of thioether (sulfide) groups is 1. The molecule has 104 valence electrons.